The van der Waals surface area contributed by atoms with Gasteiger partial charge in [-0.1, -0.05) is 164 Å². The minimum atomic E-state index is 0.610. The minimum Gasteiger partial charge on any atom is -0.292 e. The maximum absolute atomic E-state index is 5.15. The lowest BCUT2D eigenvalue weighted by Gasteiger charge is -2.14. The van der Waals surface area contributed by atoms with Gasteiger partial charge in [-0.05, 0) is 79.8 Å². The van der Waals surface area contributed by atoms with Crippen LogP contribution in [0, 0.1) is 0 Å². The number of para-hydroxylation sites is 3. The summed E-state index contributed by atoms with van der Waals surface area (Å²) in [5, 5.41) is 7.23. The molecule has 2 aromatic heterocycles. The highest BCUT2D eigenvalue weighted by Crippen LogP contribution is 2.39. The summed E-state index contributed by atoms with van der Waals surface area (Å²) in [5.74, 6) is 2.74. The fourth-order valence-corrected chi connectivity index (χ4v) is 8.08. The monoisotopic (exact) mass is 727 g/mol. The van der Waals surface area contributed by atoms with Gasteiger partial charge in [-0.2, -0.15) is 0 Å². The number of hydrogen-bond acceptors (Lipinski definition) is 4. The van der Waals surface area contributed by atoms with Gasteiger partial charge in [-0.3, -0.25) is 4.57 Å². The van der Waals surface area contributed by atoms with Crippen molar-refractivity contribution in [1.82, 2.24) is 24.5 Å². The van der Waals surface area contributed by atoms with Gasteiger partial charge in [-0.15, -0.1) is 0 Å². The van der Waals surface area contributed by atoms with Gasteiger partial charge in [-0.25, -0.2) is 19.9 Å². The average Bonchev–Trinajstić information content (AvgIpc) is 3.69. The summed E-state index contributed by atoms with van der Waals surface area (Å²) < 4.78 is 2.22. The molecule has 0 saturated heterocycles. The molecule has 11 rings (SSSR count). The molecule has 0 fully saturated rings. The van der Waals surface area contributed by atoms with Crippen LogP contribution in [0.4, 0.5) is 0 Å². The van der Waals surface area contributed by atoms with Crippen molar-refractivity contribution >= 4 is 43.4 Å². The molecule has 9 aromatic carbocycles. The van der Waals surface area contributed by atoms with Gasteiger partial charge >= 0.3 is 0 Å². The van der Waals surface area contributed by atoms with Crippen molar-refractivity contribution in [2.24, 2.45) is 0 Å². The second kappa shape index (κ2) is 13.5. The van der Waals surface area contributed by atoms with E-state index in [1.54, 1.807) is 0 Å². The SMILES string of the molecule is c1ccc(-c2ccc3c4ccc(-c5nc(-c6ccccc6)nc(-c6ccc(-c7nc8ccccc8n7-c7ccccc7)cc6)n5)cc4c4ccccc4c3c2)cc1. The molecular weight excluding hydrogens is 695 g/mol. The van der Waals surface area contributed by atoms with E-state index in [0.29, 0.717) is 17.5 Å². The Balaban J connectivity index is 1.05. The Labute approximate surface area is 329 Å². The molecule has 0 unspecified atom stereocenters. The van der Waals surface area contributed by atoms with E-state index in [-0.39, 0.29) is 0 Å². The molecule has 0 aliphatic heterocycles. The fourth-order valence-electron chi connectivity index (χ4n) is 8.08. The first kappa shape index (κ1) is 32.7. The molecule has 0 amide bonds. The molecule has 0 atom stereocenters. The molecule has 57 heavy (non-hydrogen) atoms. The number of fused-ring (bicyclic) bond motifs is 7. The van der Waals surface area contributed by atoms with Crippen LogP contribution in [-0.2, 0) is 0 Å². The van der Waals surface area contributed by atoms with Crippen LogP contribution in [-0.4, -0.2) is 24.5 Å². The Kier molecular flexibility index (Phi) is 7.74. The van der Waals surface area contributed by atoms with Crippen LogP contribution in [0.3, 0.4) is 0 Å². The minimum absolute atomic E-state index is 0.610. The second-order valence-electron chi connectivity index (χ2n) is 14.3. The highest BCUT2D eigenvalue weighted by atomic mass is 15.1. The van der Waals surface area contributed by atoms with Crippen LogP contribution in [0.25, 0.3) is 106 Å². The first-order valence-corrected chi connectivity index (χ1v) is 19.1. The normalized spacial score (nSPS) is 11.5. The third-order valence-corrected chi connectivity index (χ3v) is 10.8. The largest absolute Gasteiger partial charge is 0.292 e. The topological polar surface area (TPSA) is 56.5 Å². The summed E-state index contributed by atoms with van der Waals surface area (Å²) in [5.41, 5.74) is 9.25. The predicted molar refractivity (Wildman–Crippen MR) is 234 cm³/mol. The van der Waals surface area contributed by atoms with Crippen molar-refractivity contribution in [2.45, 2.75) is 0 Å². The van der Waals surface area contributed by atoms with Crippen molar-refractivity contribution in [3.63, 3.8) is 0 Å². The van der Waals surface area contributed by atoms with Crippen LogP contribution >= 0.6 is 0 Å². The van der Waals surface area contributed by atoms with Crippen LogP contribution in [0.5, 0.6) is 0 Å². The molecule has 11 aromatic rings. The second-order valence-corrected chi connectivity index (χ2v) is 14.3. The summed E-state index contributed by atoms with van der Waals surface area (Å²) in [7, 11) is 0. The Morgan fingerprint density at radius 2 is 0.719 bits per heavy atom. The maximum Gasteiger partial charge on any atom is 0.164 e. The summed E-state index contributed by atoms with van der Waals surface area (Å²) >= 11 is 0. The van der Waals surface area contributed by atoms with Crippen LogP contribution in [0.15, 0.2) is 200 Å². The fraction of sp³-hybridized carbons (Fsp3) is 0. The Morgan fingerprint density at radius 1 is 0.281 bits per heavy atom. The van der Waals surface area contributed by atoms with Crippen molar-refractivity contribution in [3.8, 4) is 62.4 Å². The molecule has 2 heterocycles. The quantitative estimate of drug-likeness (QED) is 0.160. The number of imidazole rings is 1. The van der Waals surface area contributed by atoms with Crippen molar-refractivity contribution in [2.75, 3.05) is 0 Å². The molecule has 0 bridgehead atoms. The van der Waals surface area contributed by atoms with Gasteiger partial charge in [0, 0.05) is 27.9 Å². The van der Waals surface area contributed by atoms with Gasteiger partial charge in [0.1, 0.15) is 5.82 Å². The van der Waals surface area contributed by atoms with Gasteiger partial charge in [0.2, 0.25) is 0 Å². The Bertz CT molecular complexity index is 3240. The third kappa shape index (κ3) is 5.72. The van der Waals surface area contributed by atoms with E-state index < -0.39 is 0 Å². The molecule has 5 heteroatoms. The van der Waals surface area contributed by atoms with E-state index in [1.807, 2.05) is 42.5 Å². The number of benzene rings is 9. The smallest absolute Gasteiger partial charge is 0.164 e. The lowest BCUT2D eigenvalue weighted by atomic mass is 9.91. The molecule has 0 radical (unpaired) electrons. The van der Waals surface area contributed by atoms with Crippen molar-refractivity contribution in [1.29, 1.82) is 0 Å². The van der Waals surface area contributed by atoms with Gasteiger partial charge in [0.05, 0.1) is 11.0 Å². The zero-order chi connectivity index (χ0) is 37.7. The summed E-state index contributed by atoms with van der Waals surface area (Å²) in [6.07, 6.45) is 0. The van der Waals surface area contributed by atoms with Crippen LogP contribution in [0.1, 0.15) is 0 Å². The first-order chi connectivity index (χ1) is 28.2. The van der Waals surface area contributed by atoms with E-state index in [9.17, 15) is 0 Å². The first-order valence-electron chi connectivity index (χ1n) is 19.1. The van der Waals surface area contributed by atoms with Gasteiger partial charge in [0.25, 0.3) is 0 Å². The Hall–Kier alpha value is -7.76. The van der Waals surface area contributed by atoms with Crippen molar-refractivity contribution in [3.05, 3.63) is 200 Å². The van der Waals surface area contributed by atoms with Crippen LogP contribution in [0.2, 0.25) is 0 Å². The standard InChI is InChI=1S/C52H33N5/c1-4-14-34(15-5-1)38-28-30-43-44-31-29-39(33-46(44)42-21-11-10-20-41(42)45(43)32-38)51-55-49(35-16-6-2-7-17-35)54-50(56-51)36-24-26-37(27-25-36)52-53-47-22-12-13-23-48(47)57(52)40-18-8-3-9-19-40/h1-33H. The average molecular weight is 728 g/mol. The van der Waals surface area contributed by atoms with Gasteiger partial charge in [0.15, 0.2) is 17.5 Å². The molecule has 266 valence electrons. The number of aromatic nitrogens is 5. The molecule has 0 N–H and O–H groups in total. The van der Waals surface area contributed by atoms with Crippen LogP contribution < -0.4 is 0 Å². The molecular formula is C52H33N5. The predicted octanol–water partition coefficient (Wildman–Crippen LogP) is 13.0. The summed E-state index contributed by atoms with van der Waals surface area (Å²) in [4.78, 5) is 20.4. The third-order valence-electron chi connectivity index (χ3n) is 10.8. The van der Waals surface area contributed by atoms with E-state index in [4.69, 9.17) is 19.9 Å². The van der Waals surface area contributed by atoms with Gasteiger partial charge < -0.3 is 0 Å². The summed E-state index contributed by atoms with van der Waals surface area (Å²) in [6, 6.07) is 69.9. The Morgan fingerprint density at radius 3 is 1.37 bits per heavy atom. The number of nitrogens with zero attached hydrogens (tertiary/aromatic N) is 5. The lowest BCUT2D eigenvalue weighted by molar-refractivity contribution is 1.07. The zero-order valence-corrected chi connectivity index (χ0v) is 30.8. The molecule has 5 nitrogen and oxygen atoms in total. The van der Waals surface area contributed by atoms with E-state index in [2.05, 4.69) is 162 Å². The van der Waals surface area contributed by atoms with E-state index in [1.165, 1.54) is 38.1 Å². The summed E-state index contributed by atoms with van der Waals surface area (Å²) in [6.45, 7) is 0. The number of hydrogen-bond donors (Lipinski definition) is 0. The highest BCUT2D eigenvalue weighted by molar-refractivity contribution is 6.26. The molecule has 0 aliphatic rings. The van der Waals surface area contributed by atoms with E-state index in [0.717, 1.165) is 50.2 Å². The zero-order valence-electron chi connectivity index (χ0n) is 30.8. The molecule has 0 saturated carbocycles. The molecule has 0 spiro atoms. The highest BCUT2D eigenvalue weighted by Gasteiger charge is 2.18. The maximum atomic E-state index is 5.15. The van der Waals surface area contributed by atoms with Crippen molar-refractivity contribution < 1.29 is 0 Å². The molecule has 0 aliphatic carbocycles. The van der Waals surface area contributed by atoms with E-state index >= 15 is 0 Å². The number of rotatable bonds is 6. The lowest BCUT2D eigenvalue weighted by Crippen LogP contribution is -2.00.